The molecule has 0 nitrogen and oxygen atoms in total. The number of hydrogen-bond donors (Lipinski definition) is 0. The molecule has 0 amide bonds. The molecule has 0 fully saturated rings. The zero-order chi connectivity index (χ0) is 36.9. The Labute approximate surface area is 249 Å². The molecule has 0 bridgehead atoms. The van der Waals surface area contributed by atoms with Crippen LogP contribution in [0.25, 0.3) is 0 Å². The summed E-state index contributed by atoms with van der Waals surface area (Å²) in [5.41, 5.74) is -3.76. The Bertz CT molecular complexity index is 1780. The van der Waals surface area contributed by atoms with E-state index in [1.807, 2.05) is 0 Å². The molecule has 23 heteroatoms. The summed E-state index contributed by atoms with van der Waals surface area (Å²) in [4.78, 5) is -15.0. The van der Waals surface area contributed by atoms with E-state index in [-0.39, 0.29) is 0 Å². The molecule has 0 atom stereocenters. The van der Waals surface area contributed by atoms with Gasteiger partial charge in [-0.25, -0.2) is 83.4 Å². The molecule has 0 saturated carbocycles. The molecule has 260 valence electrons. The van der Waals surface area contributed by atoms with Crippen molar-refractivity contribution in [3.05, 3.63) is 116 Å². The summed E-state index contributed by atoms with van der Waals surface area (Å²) >= 11 is 0. The van der Waals surface area contributed by atoms with Gasteiger partial charge in [-0.3, -0.25) is 0 Å². The predicted molar refractivity (Wildman–Crippen MR) is 111 cm³/mol. The lowest BCUT2D eigenvalue weighted by Gasteiger charge is -2.42. The van der Waals surface area contributed by atoms with Gasteiger partial charge >= 0.3 is 6.18 Å². The lowest BCUT2D eigenvalue weighted by atomic mass is 10.1. The second-order valence-electron chi connectivity index (χ2n) is 8.77. The van der Waals surface area contributed by atoms with E-state index in [0.29, 0.717) is 0 Å². The highest BCUT2D eigenvalue weighted by Gasteiger charge is 2.56. The van der Waals surface area contributed by atoms with Crippen molar-refractivity contribution < 1.29 is 96.6 Å². The van der Waals surface area contributed by atoms with Crippen LogP contribution in [0, 0.1) is 111 Å². The minimum Gasteiger partial charge on any atom is -0.203 e. The molecule has 0 saturated heterocycles. The Balaban J connectivity index is 2.70. The minimum absolute atomic E-state index is 3.43. The zero-order valence-electron chi connectivity index (χ0n) is 21.2. The maximum absolute atomic E-state index is 15.6. The van der Waals surface area contributed by atoms with Gasteiger partial charge in [-0.2, -0.15) is 13.2 Å². The summed E-state index contributed by atoms with van der Waals surface area (Å²) in [7, 11) is -7.84. The van der Waals surface area contributed by atoms with Gasteiger partial charge in [-0.05, 0) is 0 Å². The molecule has 4 aromatic carbocycles. The SMILES string of the molecule is Fc1c(F)c(F)c(S(c2c(F)c(F)c(F)c(F)c2F)(c2c(F)c(F)c(F)c(F)c2F)c2c(F)c(F)c(C(F)(F)F)c(F)c2F)c(F)c1F. The molecule has 0 N–H and O–H groups in total. The van der Waals surface area contributed by atoms with Gasteiger partial charge in [0.05, 0.1) is 19.6 Å². The highest BCUT2D eigenvalue weighted by Crippen LogP contribution is 2.78. The average molecular weight is 750 g/mol. The van der Waals surface area contributed by atoms with Gasteiger partial charge in [0.25, 0.3) is 0 Å². The fraction of sp³-hybridized carbons (Fsp3) is 0.0400. The molecule has 0 aliphatic heterocycles. The van der Waals surface area contributed by atoms with Crippen LogP contribution in [0.1, 0.15) is 5.56 Å². The van der Waals surface area contributed by atoms with Crippen LogP contribution < -0.4 is 0 Å². The molecule has 0 spiro atoms. The van der Waals surface area contributed by atoms with Gasteiger partial charge in [-0.1, -0.05) is 0 Å². The molecule has 0 aliphatic rings. The van der Waals surface area contributed by atoms with E-state index in [1.165, 1.54) is 0 Å². The van der Waals surface area contributed by atoms with Gasteiger partial charge in [-0.15, -0.1) is 10.0 Å². The van der Waals surface area contributed by atoms with Gasteiger partial charge in [0.15, 0.2) is 93.1 Å². The van der Waals surface area contributed by atoms with Crippen LogP contribution >= 0.6 is 10.0 Å². The van der Waals surface area contributed by atoms with Gasteiger partial charge < -0.3 is 0 Å². The summed E-state index contributed by atoms with van der Waals surface area (Å²) in [6.07, 6.45) is -6.63. The second kappa shape index (κ2) is 11.7. The summed E-state index contributed by atoms with van der Waals surface area (Å²) < 4.78 is 323. The number of benzene rings is 4. The topological polar surface area (TPSA) is 0 Å². The van der Waals surface area contributed by atoms with Crippen molar-refractivity contribution >= 4 is 10.0 Å². The third-order valence-electron chi connectivity index (χ3n) is 6.24. The Morgan fingerprint density at radius 3 is 0.542 bits per heavy atom. The van der Waals surface area contributed by atoms with Crippen molar-refractivity contribution in [2.75, 3.05) is 0 Å². The molecule has 0 aromatic heterocycles. The monoisotopic (exact) mass is 750 g/mol. The van der Waals surface area contributed by atoms with E-state index in [2.05, 4.69) is 0 Å². The van der Waals surface area contributed by atoms with Crippen LogP contribution in [-0.2, 0) is 6.18 Å². The zero-order valence-corrected chi connectivity index (χ0v) is 22.0. The predicted octanol–water partition coefficient (Wildman–Crippen LogP) is 10.7. The first-order chi connectivity index (χ1) is 21.9. The quantitative estimate of drug-likeness (QED) is 0.111. The molecule has 0 unspecified atom stereocenters. The lowest BCUT2D eigenvalue weighted by molar-refractivity contribution is -0.143. The average Bonchev–Trinajstić information content (AvgIpc) is 3.01. The minimum atomic E-state index is -7.84. The van der Waals surface area contributed by atoms with Crippen LogP contribution in [0.5, 0.6) is 0 Å². The van der Waals surface area contributed by atoms with E-state index in [4.69, 9.17) is 0 Å². The fourth-order valence-electron chi connectivity index (χ4n) is 4.30. The van der Waals surface area contributed by atoms with Crippen LogP contribution in [0.15, 0.2) is 19.6 Å². The molecule has 0 radical (unpaired) electrons. The first-order valence-corrected chi connectivity index (χ1v) is 12.9. The smallest absolute Gasteiger partial charge is 0.203 e. The Kier molecular flexibility index (Phi) is 8.89. The molecule has 48 heavy (non-hydrogen) atoms. The normalized spacial score (nSPS) is 12.7. The van der Waals surface area contributed by atoms with Crippen LogP contribution in [0.3, 0.4) is 0 Å². The number of hydrogen-bond acceptors (Lipinski definition) is 0. The van der Waals surface area contributed by atoms with Crippen molar-refractivity contribution in [3.63, 3.8) is 0 Å². The Morgan fingerprint density at radius 2 is 0.375 bits per heavy atom. The summed E-state index contributed by atoms with van der Waals surface area (Å²) in [6.45, 7) is 0. The summed E-state index contributed by atoms with van der Waals surface area (Å²) in [6, 6.07) is 0. The maximum Gasteiger partial charge on any atom is 0.422 e. The third-order valence-corrected chi connectivity index (χ3v) is 10.1. The standard InChI is InChI=1S/C25F22S/c26-2-1(25(45,46)47)3(27)14(38)21(13(2)37)48(22-15(39)7(31)4(28)8(32)16(22)40,23-17(41)9(33)5(29)10(34)18(23)42)24-19(43)11(35)6(30)12(36)20(24)44. The molecular weight excluding hydrogens is 750 g/mol. The molecule has 0 heterocycles. The van der Waals surface area contributed by atoms with Gasteiger partial charge in [0, 0.05) is 0 Å². The summed E-state index contributed by atoms with van der Waals surface area (Å²) in [5.74, 6) is -71.2. The lowest BCUT2D eigenvalue weighted by Crippen LogP contribution is -2.25. The van der Waals surface area contributed by atoms with Crippen molar-refractivity contribution in [2.24, 2.45) is 0 Å². The van der Waals surface area contributed by atoms with E-state index in [9.17, 15) is 61.5 Å². The van der Waals surface area contributed by atoms with Crippen LogP contribution in [-0.4, -0.2) is 0 Å². The van der Waals surface area contributed by atoms with E-state index >= 15 is 35.1 Å². The van der Waals surface area contributed by atoms with Crippen molar-refractivity contribution in [1.29, 1.82) is 0 Å². The molecule has 0 aliphatic carbocycles. The van der Waals surface area contributed by atoms with E-state index in [0.717, 1.165) is 0 Å². The Hall–Kier alpha value is -4.31. The second-order valence-corrected chi connectivity index (χ2v) is 11.6. The van der Waals surface area contributed by atoms with Gasteiger partial charge in [0.1, 0.15) is 5.56 Å². The Morgan fingerprint density at radius 1 is 0.229 bits per heavy atom. The molecular formula is C25F22S. The molecule has 4 rings (SSSR count). The highest BCUT2D eigenvalue weighted by atomic mass is 32.3. The first kappa shape index (κ1) is 36.5. The highest BCUT2D eigenvalue weighted by molar-refractivity contribution is 8.34. The number of alkyl halides is 3. The first-order valence-electron chi connectivity index (χ1n) is 11.2. The molecule has 4 aromatic rings. The third kappa shape index (κ3) is 4.66. The van der Waals surface area contributed by atoms with Gasteiger partial charge in [0.2, 0.25) is 17.5 Å². The van der Waals surface area contributed by atoms with Crippen molar-refractivity contribution in [3.8, 4) is 0 Å². The fourth-order valence-corrected chi connectivity index (χ4v) is 8.39. The number of halogens is 22. The maximum atomic E-state index is 15.6. The van der Waals surface area contributed by atoms with Crippen LogP contribution in [0.2, 0.25) is 0 Å². The number of rotatable bonds is 4. The summed E-state index contributed by atoms with van der Waals surface area (Å²) in [5, 5.41) is 0. The largest absolute Gasteiger partial charge is 0.422 e. The van der Waals surface area contributed by atoms with Crippen LogP contribution in [0.4, 0.5) is 96.6 Å². The van der Waals surface area contributed by atoms with Crippen molar-refractivity contribution in [2.45, 2.75) is 25.8 Å². The van der Waals surface area contributed by atoms with E-state index < -0.39 is 152 Å². The van der Waals surface area contributed by atoms with Crippen molar-refractivity contribution in [1.82, 2.24) is 0 Å². The van der Waals surface area contributed by atoms with E-state index in [1.54, 1.807) is 0 Å².